The second-order valence-electron chi connectivity index (χ2n) is 4.66. The normalized spacial score (nSPS) is 10.8. The summed E-state index contributed by atoms with van der Waals surface area (Å²) in [4.78, 5) is 11.6. The molecule has 2 aromatic carbocycles. The van der Waals surface area contributed by atoms with E-state index in [1.807, 2.05) is 0 Å². The number of methoxy groups -OCH3 is 3. The van der Waals surface area contributed by atoms with E-state index in [0.29, 0.717) is 11.5 Å². The van der Waals surface area contributed by atoms with Crippen LogP contribution in [0, 0.1) is 0 Å². The molecule has 1 N–H and O–H groups in total. The molecule has 2 rings (SSSR count). The Kier molecular flexibility index (Phi) is 5.30. The number of esters is 1. The molecule has 0 heterocycles. The van der Waals surface area contributed by atoms with Crippen LogP contribution in [0.4, 0.5) is 5.69 Å². The predicted molar refractivity (Wildman–Crippen MR) is 88.1 cm³/mol. The van der Waals surface area contributed by atoms with Gasteiger partial charge in [0.15, 0.2) is 11.5 Å². The van der Waals surface area contributed by atoms with Gasteiger partial charge in [-0.05, 0) is 24.3 Å². The summed E-state index contributed by atoms with van der Waals surface area (Å²) in [6, 6.07) is 10.4. The molecule has 0 unspecified atom stereocenters. The Labute approximate surface area is 140 Å². The van der Waals surface area contributed by atoms with Crippen LogP contribution in [0.2, 0.25) is 0 Å². The molecular formula is C16H17NO6S. The third-order valence-corrected chi connectivity index (χ3v) is 4.66. The average Bonchev–Trinajstić information content (AvgIpc) is 2.60. The van der Waals surface area contributed by atoms with Crippen LogP contribution >= 0.6 is 0 Å². The molecule has 0 fully saturated rings. The van der Waals surface area contributed by atoms with Gasteiger partial charge >= 0.3 is 5.97 Å². The molecule has 0 amide bonds. The first kappa shape index (κ1) is 17.6. The number of carbonyl (C=O) groups excluding carboxylic acids is 1. The van der Waals surface area contributed by atoms with Crippen molar-refractivity contribution in [2.75, 3.05) is 26.1 Å². The van der Waals surface area contributed by atoms with Crippen molar-refractivity contribution >= 4 is 21.7 Å². The molecule has 0 bridgehead atoms. The summed E-state index contributed by atoms with van der Waals surface area (Å²) in [5.74, 6) is 0.109. The Morgan fingerprint density at radius 1 is 0.958 bits per heavy atom. The van der Waals surface area contributed by atoms with Gasteiger partial charge in [-0.25, -0.2) is 13.2 Å². The van der Waals surface area contributed by atoms with Crippen LogP contribution in [-0.4, -0.2) is 35.7 Å². The lowest BCUT2D eigenvalue weighted by Crippen LogP contribution is -2.17. The molecule has 0 aliphatic heterocycles. The number of hydrogen-bond acceptors (Lipinski definition) is 6. The van der Waals surface area contributed by atoms with Crippen molar-refractivity contribution in [2.24, 2.45) is 0 Å². The first-order valence-electron chi connectivity index (χ1n) is 6.85. The van der Waals surface area contributed by atoms with Crippen molar-refractivity contribution in [1.29, 1.82) is 0 Å². The van der Waals surface area contributed by atoms with Crippen molar-refractivity contribution in [3.05, 3.63) is 48.0 Å². The van der Waals surface area contributed by atoms with Crippen LogP contribution in [-0.2, 0) is 14.8 Å². The van der Waals surface area contributed by atoms with E-state index in [-0.39, 0.29) is 16.1 Å². The van der Waals surface area contributed by atoms with Gasteiger partial charge in [0.2, 0.25) is 0 Å². The van der Waals surface area contributed by atoms with E-state index in [1.54, 1.807) is 12.1 Å². The highest BCUT2D eigenvalue weighted by molar-refractivity contribution is 7.92. The van der Waals surface area contributed by atoms with E-state index in [2.05, 4.69) is 9.46 Å². The quantitative estimate of drug-likeness (QED) is 0.803. The topological polar surface area (TPSA) is 90.9 Å². The van der Waals surface area contributed by atoms with Gasteiger partial charge in [-0.1, -0.05) is 12.1 Å². The van der Waals surface area contributed by atoms with Crippen molar-refractivity contribution < 1.29 is 27.4 Å². The maximum absolute atomic E-state index is 12.6. The smallest absolute Gasteiger partial charge is 0.339 e. The highest BCUT2D eigenvalue weighted by atomic mass is 32.2. The maximum atomic E-state index is 12.6. The Morgan fingerprint density at radius 2 is 1.62 bits per heavy atom. The van der Waals surface area contributed by atoms with E-state index in [1.165, 1.54) is 51.7 Å². The van der Waals surface area contributed by atoms with Crippen LogP contribution in [0.5, 0.6) is 11.5 Å². The lowest BCUT2D eigenvalue weighted by atomic mass is 10.2. The standard InChI is InChI=1S/C16H17NO6S/c1-21-13-9-8-11(10-14(13)22-2)17-24(19,20)15-7-5-4-6-12(15)16(18)23-3/h4-10,17H,1-3H3. The van der Waals surface area contributed by atoms with Gasteiger partial charge in [-0.2, -0.15) is 0 Å². The van der Waals surface area contributed by atoms with Crippen LogP contribution in [0.1, 0.15) is 10.4 Å². The molecule has 0 atom stereocenters. The molecule has 0 saturated carbocycles. The number of rotatable bonds is 6. The maximum Gasteiger partial charge on any atom is 0.339 e. The zero-order valence-corrected chi connectivity index (χ0v) is 14.2. The van der Waals surface area contributed by atoms with E-state index in [0.717, 1.165) is 0 Å². The fraction of sp³-hybridized carbons (Fsp3) is 0.188. The minimum Gasteiger partial charge on any atom is -0.493 e. The summed E-state index contributed by atoms with van der Waals surface area (Å²) in [6.07, 6.45) is 0. The molecule has 7 nitrogen and oxygen atoms in total. The third-order valence-electron chi connectivity index (χ3n) is 3.22. The third kappa shape index (κ3) is 3.60. The summed E-state index contributed by atoms with van der Waals surface area (Å²) in [5, 5.41) is 0. The van der Waals surface area contributed by atoms with E-state index in [4.69, 9.17) is 9.47 Å². The van der Waals surface area contributed by atoms with Crippen LogP contribution in [0.3, 0.4) is 0 Å². The van der Waals surface area contributed by atoms with Crippen molar-refractivity contribution in [2.45, 2.75) is 4.90 Å². The molecule has 0 saturated heterocycles. The van der Waals surface area contributed by atoms with Gasteiger partial charge in [0.1, 0.15) is 4.90 Å². The largest absolute Gasteiger partial charge is 0.493 e. The second kappa shape index (κ2) is 7.22. The van der Waals surface area contributed by atoms with Gasteiger partial charge in [0.05, 0.1) is 32.6 Å². The lowest BCUT2D eigenvalue weighted by Gasteiger charge is -2.13. The number of hydrogen-bond donors (Lipinski definition) is 1. The number of carbonyl (C=O) groups is 1. The first-order valence-corrected chi connectivity index (χ1v) is 8.33. The van der Waals surface area contributed by atoms with E-state index in [9.17, 15) is 13.2 Å². The Balaban J connectivity index is 2.41. The molecule has 24 heavy (non-hydrogen) atoms. The van der Waals surface area contributed by atoms with Crippen molar-refractivity contribution in [1.82, 2.24) is 0 Å². The Morgan fingerprint density at radius 3 is 2.25 bits per heavy atom. The SMILES string of the molecule is COC(=O)c1ccccc1S(=O)(=O)Nc1ccc(OC)c(OC)c1. The number of benzene rings is 2. The molecule has 0 aliphatic carbocycles. The van der Waals surface area contributed by atoms with Crippen molar-refractivity contribution in [3.63, 3.8) is 0 Å². The number of sulfonamides is 1. The Hall–Kier alpha value is -2.74. The van der Waals surface area contributed by atoms with Crippen LogP contribution < -0.4 is 14.2 Å². The summed E-state index contributed by atoms with van der Waals surface area (Å²) in [7, 11) is 0.125. The summed E-state index contributed by atoms with van der Waals surface area (Å²) < 4.78 is 42.5. The van der Waals surface area contributed by atoms with Crippen molar-refractivity contribution in [3.8, 4) is 11.5 Å². The molecule has 8 heteroatoms. The fourth-order valence-electron chi connectivity index (χ4n) is 2.09. The summed E-state index contributed by atoms with van der Waals surface area (Å²) in [5.41, 5.74) is 0.222. The molecule has 128 valence electrons. The predicted octanol–water partition coefficient (Wildman–Crippen LogP) is 2.29. The number of anilines is 1. The van der Waals surface area contributed by atoms with Crippen LogP contribution in [0.25, 0.3) is 0 Å². The lowest BCUT2D eigenvalue weighted by molar-refractivity contribution is 0.0596. The Bertz CT molecular complexity index is 847. The molecule has 0 radical (unpaired) electrons. The van der Waals surface area contributed by atoms with E-state index >= 15 is 0 Å². The second-order valence-corrected chi connectivity index (χ2v) is 6.31. The highest BCUT2D eigenvalue weighted by Crippen LogP contribution is 2.31. The highest BCUT2D eigenvalue weighted by Gasteiger charge is 2.23. The molecule has 0 aliphatic rings. The summed E-state index contributed by atoms with van der Waals surface area (Å²) >= 11 is 0. The van der Waals surface area contributed by atoms with Gasteiger partial charge in [0, 0.05) is 6.07 Å². The van der Waals surface area contributed by atoms with Gasteiger partial charge < -0.3 is 14.2 Å². The fourth-order valence-corrected chi connectivity index (χ4v) is 3.34. The minimum absolute atomic E-state index is 0.0482. The monoisotopic (exact) mass is 351 g/mol. The average molecular weight is 351 g/mol. The van der Waals surface area contributed by atoms with Gasteiger partial charge in [-0.3, -0.25) is 4.72 Å². The molecule has 2 aromatic rings. The zero-order valence-electron chi connectivity index (χ0n) is 13.4. The molecule has 0 spiro atoms. The molecule has 0 aromatic heterocycles. The number of nitrogens with one attached hydrogen (secondary N) is 1. The number of ether oxygens (including phenoxy) is 3. The minimum atomic E-state index is -3.99. The molecular weight excluding hydrogens is 334 g/mol. The first-order chi connectivity index (χ1) is 11.4. The van der Waals surface area contributed by atoms with Gasteiger partial charge in [0.25, 0.3) is 10.0 Å². The van der Waals surface area contributed by atoms with Crippen LogP contribution in [0.15, 0.2) is 47.4 Å². The van der Waals surface area contributed by atoms with E-state index < -0.39 is 16.0 Å². The van der Waals surface area contributed by atoms with Gasteiger partial charge in [-0.15, -0.1) is 0 Å². The zero-order chi connectivity index (χ0) is 17.7. The summed E-state index contributed by atoms with van der Waals surface area (Å²) in [6.45, 7) is 0.